The predicted molar refractivity (Wildman–Crippen MR) is 115 cm³/mol. The van der Waals surface area contributed by atoms with E-state index in [1.54, 1.807) is 0 Å². The number of carboxylic acid groups (broad SMARTS) is 1. The minimum atomic E-state index is -1.08. The molecule has 4 saturated carbocycles. The first-order valence-electron chi connectivity index (χ1n) is 12.3. The zero-order chi connectivity index (χ0) is 21.3. The second kappa shape index (κ2) is 6.92. The van der Waals surface area contributed by atoms with Crippen LogP contribution in [0.15, 0.2) is 11.6 Å². The zero-order valence-corrected chi connectivity index (χ0v) is 18.9. The fourth-order valence-corrected chi connectivity index (χ4v) is 9.22. The summed E-state index contributed by atoms with van der Waals surface area (Å²) in [5, 5.41) is 10.9. The number of ether oxygens (including phenoxy) is 1. The van der Waals surface area contributed by atoms with Crippen LogP contribution in [0.2, 0.25) is 0 Å². The van der Waals surface area contributed by atoms with E-state index in [4.69, 9.17) is 4.74 Å². The fourth-order valence-electron chi connectivity index (χ4n) is 9.22. The van der Waals surface area contributed by atoms with Crippen LogP contribution in [-0.4, -0.2) is 30.6 Å². The molecule has 4 heteroatoms. The van der Waals surface area contributed by atoms with Crippen molar-refractivity contribution in [3.63, 3.8) is 0 Å². The molecule has 5 rings (SSSR count). The molecule has 166 valence electrons. The van der Waals surface area contributed by atoms with Gasteiger partial charge in [0.1, 0.15) is 11.7 Å². The summed E-state index contributed by atoms with van der Waals surface area (Å²) in [5.74, 6) is 1.36. The molecule has 0 spiro atoms. The lowest BCUT2D eigenvalue weighted by Gasteiger charge is -2.58. The Kier molecular flexibility index (Phi) is 4.78. The van der Waals surface area contributed by atoms with Gasteiger partial charge in [-0.3, -0.25) is 4.79 Å². The molecule has 0 aromatic heterocycles. The molecular formula is C26H38O4. The molecule has 0 heterocycles. The van der Waals surface area contributed by atoms with E-state index in [0.717, 1.165) is 37.7 Å². The maximum atomic E-state index is 13.3. The van der Waals surface area contributed by atoms with E-state index in [9.17, 15) is 14.7 Å². The maximum absolute atomic E-state index is 13.3. The number of aliphatic carboxylic acids is 1. The number of allylic oxidation sites excluding steroid dienone is 1. The van der Waals surface area contributed by atoms with Gasteiger partial charge in [-0.2, -0.15) is 0 Å². The summed E-state index contributed by atoms with van der Waals surface area (Å²) in [6, 6.07) is 0. The van der Waals surface area contributed by atoms with Crippen molar-refractivity contribution in [2.75, 3.05) is 13.2 Å². The Bertz CT molecular complexity index is 765. The lowest BCUT2D eigenvalue weighted by atomic mass is 9.43. The molecule has 1 N–H and O–H groups in total. The summed E-state index contributed by atoms with van der Waals surface area (Å²) < 4.78 is 6.42. The minimum Gasteiger partial charge on any atom is -0.481 e. The first-order chi connectivity index (χ1) is 14.3. The van der Waals surface area contributed by atoms with Crippen molar-refractivity contribution < 1.29 is 19.4 Å². The van der Waals surface area contributed by atoms with Gasteiger partial charge in [0.25, 0.3) is 0 Å². The van der Waals surface area contributed by atoms with E-state index in [1.165, 1.54) is 25.7 Å². The summed E-state index contributed by atoms with van der Waals surface area (Å²) in [5.41, 5.74) is -1.29. The van der Waals surface area contributed by atoms with Gasteiger partial charge in [-0.25, -0.2) is 0 Å². The summed E-state index contributed by atoms with van der Waals surface area (Å²) in [6.45, 7) is 7.77. The molecule has 0 unspecified atom stereocenters. The van der Waals surface area contributed by atoms with Crippen molar-refractivity contribution >= 4 is 12.3 Å². The number of fused-ring (bicyclic) bond motifs is 2. The molecule has 4 fully saturated rings. The van der Waals surface area contributed by atoms with Crippen LogP contribution in [0.1, 0.15) is 72.1 Å². The molecule has 0 aliphatic heterocycles. The molecule has 7 atom stereocenters. The topological polar surface area (TPSA) is 63.6 Å². The number of carboxylic acids is 1. The Morgan fingerprint density at radius 2 is 1.97 bits per heavy atom. The molecule has 4 bridgehead atoms. The van der Waals surface area contributed by atoms with Crippen LogP contribution in [-0.2, 0) is 14.3 Å². The average molecular weight is 415 g/mol. The van der Waals surface area contributed by atoms with E-state index < -0.39 is 22.2 Å². The molecule has 0 amide bonds. The molecular weight excluding hydrogens is 376 g/mol. The van der Waals surface area contributed by atoms with E-state index in [1.807, 2.05) is 0 Å². The van der Waals surface area contributed by atoms with Gasteiger partial charge in [-0.1, -0.05) is 51.7 Å². The quantitative estimate of drug-likeness (QED) is 0.464. The predicted octanol–water partition coefficient (Wildman–Crippen LogP) is 5.12. The number of aldehydes is 1. The first-order valence-corrected chi connectivity index (χ1v) is 12.3. The van der Waals surface area contributed by atoms with Crippen molar-refractivity contribution in [3.05, 3.63) is 11.6 Å². The highest BCUT2D eigenvalue weighted by Crippen LogP contribution is 2.82. The Balaban J connectivity index is 1.60. The van der Waals surface area contributed by atoms with Crippen LogP contribution >= 0.6 is 0 Å². The van der Waals surface area contributed by atoms with Gasteiger partial charge in [0, 0.05) is 12.0 Å². The highest BCUT2D eigenvalue weighted by atomic mass is 16.5. The van der Waals surface area contributed by atoms with Gasteiger partial charge in [-0.15, -0.1) is 0 Å². The lowest BCUT2D eigenvalue weighted by molar-refractivity contribution is -0.187. The lowest BCUT2D eigenvalue weighted by Crippen LogP contribution is -2.63. The van der Waals surface area contributed by atoms with Crippen LogP contribution in [0.25, 0.3) is 0 Å². The zero-order valence-electron chi connectivity index (χ0n) is 18.9. The van der Waals surface area contributed by atoms with E-state index >= 15 is 0 Å². The molecule has 0 aromatic rings. The monoisotopic (exact) mass is 414 g/mol. The smallest absolute Gasteiger partial charge is 0.315 e. The Morgan fingerprint density at radius 3 is 2.60 bits per heavy atom. The largest absolute Gasteiger partial charge is 0.481 e. The van der Waals surface area contributed by atoms with Crippen LogP contribution in [0.4, 0.5) is 0 Å². The number of hydrogen-bond acceptors (Lipinski definition) is 3. The standard InChI is InChI=1S/C26H38O4/c1-16(2)22-10-19-11-24(14-27)21-9-8-17(3)20(21)12-25(19,26(22,24)23(28)29)15-30-13-18-6-4-5-7-18/h10,14,16-21H,4-9,11-13,15H2,1-3H3,(H,28,29)/t17-,19+,20-,21-,24-,25+,26+/m1/s1. The number of carbonyl (C=O) groups is 2. The first kappa shape index (κ1) is 20.7. The second-order valence-electron chi connectivity index (χ2n) is 11.7. The van der Waals surface area contributed by atoms with Crippen molar-refractivity contribution in [1.29, 1.82) is 0 Å². The van der Waals surface area contributed by atoms with Gasteiger partial charge in [0.15, 0.2) is 0 Å². The molecule has 0 radical (unpaired) electrons. The second-order valence-corrected chi connectivity index (χ2v) is 11.7. The third-order valence-electron chi connectivity index (χ3n) is 10.3. The van der Waals surface area contributed by atoms with E-state index in [-0.39, 0.29) is 17.8 Å². The summed E-state index contributed by atoms with van der Waals surface area (Å²) in [4.78, 5) is 26.3. The Labute approximate surface area is 180 Å². The van der Waals surface area contributed by atoms with Crippen LogP contribution < -0.4 is 0 Å². The molecule has 0 aromatic carbocycles. The van der Waals surface area contributed by atoms with Crippen molar-refractivity contribution in [1.82, 2.24) is 0 Å². The van der Waals surface area contributed by atoms with Crippen molar-refractivity contribution in [2.45, 2.75) is 72.1 Å². The van der Waals surface area contributed by atoms with Gasteiger partial charge in [0.2, 0.25) is 0 Å². The highest BCUT2D eigenvalue weighted by molar-refractivity contribution is 5.90. The Morgan fingerprint density at radius 1 is 1.23 bits per heavy atom. The molecule has 30 heavy (non-hydrogen) atoms. The summed E-state index contributed by atoms with van der Waals surface area (Å²) in [7, 11) is 0. The number of carbonyl (C=O) groups excluding carboxylic acids is 1. The molecule has 5 aliphatic rings. The fraction of sp³-hybridized carbons (Fsp3) is 0.846. The van der Waals surface area contributed by atoms with Crippen LogP contribution in [0.3, 0.4) is 0 Å². The third kappa shape index (κ3) is 2.27. The number of hydrogen-bond donors (Lipinski definition) is 1. The normalized spacial score (nSPS) is 47.0. The Hall–Kier alpha value is -1.16. The summed E-state index contributed by atoms with van der Waals surface area (Å²) in [6.07, 6.45) is 12.1. The van der Waals surface area contributed by atoms with Gasteiger partial charge in [-0.05, 0) is 67.6 Å². The maximum Gasteiger partial charge on any atom is 0.315 e. The van der Waals surface area contributed by atoms with Crippen molar-refractivity contribution in [3.8, 4) is 0 Å². The average Bonchev–Trinajstić information content (AvgIpc) is 3.44. The third-order valence-corrected chi connectivity index (χ3v) is 10.3. The summed E-state index contributed by atoms with van der Waals surface area (Å²) >= 11 is 0. The van der Waals surface area contributed by atoms with Crippen LogP contribution in [0.5, 0.6) is 0 Å². The molecule has 0 saturated heterocycles. The van der Waals surface area contributed by atoms with Gasteiger partial charge >= 0.3 is 5.97 Å². The van der Waals surface area contributed by atoms with Crippen molar-refractivity contribution in [2.24, 2.45) is 51.8 Å². The SMILES string of the molecule is CC(C)C1=C[C@H]2C[C@@]3(C=O)[C@@H]4CC[C@@H](C)[C@H]4C[C@@]2(COCC2CCCC2)[C@]13C(=O)O. The number of rotatable bonds is 7. The van der Waals surface area contributed by atoms with E-state index in [2.05, 4.69) is 26.8 Å². The van der Waals surface area contributed by atoms with Gasteiger partial charge < -0.3 is 14.6 Å². The highest BCUT2D eigenvalue weighted by Gasteiger charge is 2.84. The molecule has 4 nitrogen and oxygen atoms in total. The van der Waals surface area contributed by atoms with Crippen LogP contribution in [0, 0.1) is 51.8 Å². The minimum absolute atomic E-state index is 0.135. The van der Waals surface area contributed by atoms with Gasteiger partial charge in [0.05, 0.1) is 12.0 Å². The van der Waals surface area contributed by atoms with E-state index in [0.29, 0.717) is 30.8 Å². The molecule has 5 aliphatic carbocycles.